The highest BCUT2D eigenvalue weighted by Gasteiger charge is 2.08. The van der Waals surface area contributed by atoms with Gasteiger partial charge in [0.25, 0.3) is 5.56 Å². The van der Waals surface area contributed by atoms with Gasteiger partial charge >= 0.3 is 0 Å². The van der Waals surface area contributed by atoms with Gasteiger partial charge < -0.3 is 11.1 Å². The third-order valence-electron chi connectivity index (χ3n) is 1.91. The molecule has 82 valence electrons. The number of hydrogen-bond acceptors (Lipinski definition) is 4. The number of hydrogen-bond donors (Lipinski definition) is 3. The Labute approximate surface area is 86.9 Å². The molecule has 0 fully saturated rings. The van der Waals surface area contributed by atoms with Gasteiger partial charge in [-0.2, -0.15) is 5.10 Å². The molecular formula is C9H14N4O2. The van der Waals surface area contributed by atoms with Crippen molar-refractivity contribution in [3.63, 3.8) is 0 Å². The van der Waals surface area contributed by atoms with Crippen LogP contribution in [-0.4, -0.2) is 16.1 Å². The number of aromatic amines is 1. The molecule has 4 N–H and O–H groups in total. The molecule has 0 aliphatic rings. The van der Waals surface area contributed by atoms with Gasteiger partial charge in [0.1, 0.15) is 5.69 Å². The second-order valence-electron chi connectivity index (χ2n) is 3.18. The van der Waals surface area contributed by atoms with Gasteiger partial charge in [-0.3, -0.25) is 9.59 Å². The Morgan fingerprint density at radius 2 is 2.40 bits per heavy atom. The normalized spacial score (nSPS) is 9.93. The fourth-order valence-electron chi connectivity index (χ4n) is 1.08. The summed E-state index contributed by atoms with van der Waals surface area (Å²) in [5, 5.41) is 8.17. The highest BCUT2D eigenvalue weighted by Crippen LogP contribution is 2.09. The zero-order valence-corrected chi connectivity index (χ0v) is 8.54. The summed E-state index contributed by atoms with van der Waals surface area (Å²) in [5.74, 6) is -0.208. The Balaban J connectivity index is 2.72. The van der Waals surface area contributed by atoms with Gasteiger partial charge in [0.05, 0.1) is 11.9 Å². The van der Waals surface area contributed by atoms with Crippen LogP contribution in [0.25, 0.3) is 0 Å². The van der Waals surface area contributed by atoms with E-state index in [1.165, 1.54) is 6.20 Å². The first-order chi connectivity index (χ1) is 7.15. The van der Waals surface area contributed by atoms with Gasteiger partial charge in [-0.15, -0.1) is 0 Å². The van der Waals surface area contributed by atoms with Crippen molar-refractivity contribution < 1.29 is 4.79 Å². The van der Waals surface area contributed by atoms with Crippen LogP contribution in [0.15, 0.2) is 11.0 Å². The van der Waals surface area contributed by atoms with Crippen molar-refractivity contribution in [2.45, 2.75) is 26.2 Å². The molecule has 0 bridgehead atoms. The highest BCUT2D eigenvalue weighted by molar-refractivity contribution is 5.93. The Morgan fingerprint density at radius 3 is 3.00 bits per heavy atom. The molecule has 0 radical (unpaired) electrons. The lowest BCUT2D eigenvalue weighted by Gasteiger charge is -2.05. The van der Waals surface area contributed by atoms with Crippen molar-refractivity contribution in [1.82, 2.24) is 10.2 Å². The average Bonchev–Trinajstić information content (AvgIpc) is 2.21. The number of H-pyrrole nitrogens is 1. The molecule has 1 aromatic heterocycles. The second-order valence-corrected chi connectivity index (χ2v) is 3.18. The smallest absolute Gasteiger partial charge is 0.290 e. The van der Waals surface area contributed by atoms with Crippen LogP contribution in [0.3, 0.4) is 0 Å². The molecule has 0 atom stereocenters. The van der Waals surface area contributed by atoms with Crippen molar-refractivity contribution in [2.75, 3.05) is 11.1 Å². The molecule has 15 heavy (non-hydrogen) atoms. The first-order valence-electron chi connectivity index (χ1n) is 4.78. The number of rotatable bonds is 4. The number of carbonyl (C=O) groups is 1. The maximum absolute atomic E-state index is 11.3. The third kappa shape index (κ3) is 3.08. The molecule has 0 saturated carbocycles. The maximum Gasteiger partial charge on any atom is 0.290 e. The van der Waals surface area contributed by atoms with Gasteiger partial charge in [0, 0.05) is 6.42 Å². The highest BCUT2D eigenvalue weighted by atomic mass is 16.2. The molecule has 1 heterocycles. The lowest BCUT2D eigenvalue weighted by molar-refractivity contribution is -0.116. The van der Waals surface area contributed by atoms with Crippen LogP contribution in [0.5, 0.6) is 0 Å². The van der Waals surface area contributed by atoms with E-state index in [0.29, 0.717) is 6.42 Å². The monoisotopic (exact) mass is 210 g/mol. The Kier molecular flexibility index (Phi) is 3.84. The Bertz CT molecular complexity index is 399. The molecule has 0 aliphatic heterocycles. The second kappa shape index (κ2) is 5.14. The van der Waals surface area contributed by atoms with Crippen LogP contribution >= 0.6 is 0 Å². The number of nitrogens with zero attached hydrogens (tertiary/aromatic N) is 1. The number of nitrogen functional groups attached to an aromatic ring is 1. The zero-order valence-electron chi connectivity index (χ0n) is 8.54. The number of amides is 1. The summed E-state index contributed by atoms with van der Waals surface area (Å²) in [4.78, 5) is 22.6. The number of nitrogens with one attached hydrogen (secondary N) is 2. The summed E-state index contributed by atoms with van der Waals surface area (Å²) in [6.45, 7) is 1.99. The molecule has 0 aliphatic carbocycles. The van der Waals surface area contributed by atoms with Gasteiger partial charge in [-0.05, 0) is 6.42 Å². The molecule has 0 unspecified atom stereocenters. The Hall–Kier alpha value is -1.85. The molecule has 1 rings (SSSR count). The number of carbonyl (C=O) groups excluding carboxylic acids is 1. The molecule has 6 nitrogen and oxygen atoms in total. The number of unbranched alkanes of at least 4 members (excludes halogenated alkanes) is 1. The van der Waals surface area contributed by atoms with Crippen molar-refractivity contribution >= 4 is 17.3 Å². The summed E-state index contributed by atoms with van der Waals surface area (Å²) in [7, 11) is 0. The van der Waals surface area contributed by atoms with Crippen LogP contribution in [0.2, 0.25) is 0 Å². The lowest BCUT2D eigenvalue weighted by atomic mass is 10.2. The minimum absolute atomic E-state index is 0.0751. The summed E-state index contributed by atoms with van der Waals surface area (Å²) in [5.41, 5.74) is 5.26. The van der Waals surface area contributed by atoms with Crippen LogP contribution in [-0.2, 0) is 4.79 Å². The predicted molar refractivity (Wildman–Crippen MR) is 57.4 cm³/mol. The standard InChI is InChI=1S/C9H14N4O2/c1-2-3-4-7(14)12-8-6(10)5-11-13-9(8)15/h5H,2-4H2,1H3,(H3,10,13,15)(H,11,12,14). The molecule has 0 spiro atoms. The SMILES string of the molecule is CCCCC(=O)Nc1c(N)cn[nH]c1=O. The molecule has 0 aromatic carbocycles. The number of anilines is 2. The summed E-state index contributed by atoms with van der Waals surface area (Å²) >= 11 is 0. The van der Waals surface area contributed by atoms with Crippen molar-refractivity contribution in [2.24, 2.45) is 0 Å². The van der Waals surface area contributed by atoms with Crippen molar-refractivity contribution in [1.29, 1.82) is 0 Å². The van der Waals surface area contributed by atoms with Crippen molar-refractivity contribution in [3.05, 3.63) is 16.6 Å². The van der Waals surface area contributed by atoms with E-state index in [2.05, 4.69) is 15.5 Å². The largest absolute Gasteiger partial charge is 0.396 e. The van der Waals surface area contributed by atoms with Gasteiger partial charge in [-0.1, -0.05) is 13.3 Å². The minimum Gasteiger partial charge on any atom is -0.396 e. The average molecular weight is 210 g/mol. The maximum atomic E-state index is 11.3. The topological polar surface area (TPSA) is 101 Å². The lowest BCUT2D eigenvalue weighted by Crippen LogP contribution is -2.21. The number of aromatic nitrogens is 2. The fraction of sp³-hybridized carbons (Fsp3) is 0.444. The van der Waals surface area contributed by atoms with E-state index in [4.69, 9.17) is 5.73 Å². The van der Waals surface area contributed by atoms with Crippen LogP contribution in [0, 0.1) is 0 Å². The van der Waals surface area contributed by atoms with Crippen molar-refractivity contribution in [3.8, 4) is 0 Å². The van der Waals surface area contributed by atoms with E-state index in [1.807, 2.05) is 6.92 Å². The fourth-order valence-corrected chi connectivity index (χ4v) is 1.08. The van der Waals surface area contributed by atoms with Crippen LogP contribution < -0.4 is 16.6 Å². The number of nitrogens with two attached hydrogens (primary N) is 1. The van der Waals surface area contributed by atoms with Gasteiger partial charge in [0.2, 0.25) is 5.91 Å². The molecule has 1 amide bonds. The van der Waals surface area contributed by atoms with Crippen LogP contribution in [0.1, 0.15) is 26.2 Å². The van der Waals surface area contributed by atoms with E-state index in [0.717, 1.165) is 12.8 Å². The molecule has 6 heteroatoms. The zero-order chi connectivity index (χ0) is 11.3. The first kappa shape index (κ1) is 11.2. The van der Waals surface area contributed by atoms with E-state index >= 15 is 0 Å². The molecular weight excluding hydrogens is 196 g/mol. The minimum atomic E-state index is -0.486. The van der Waals surface area contributed by atoms with Gasteiger partial charge in [-0.25, -0.2) is 5.10 Å². The Morgan fingerprint density at radius 1 is 1.67 bits per heavy atom. The van der Waals surface area contributed by atoms with E-state index in [9.17, 15) is 9.59 Å². The third-order valence-corrected chi connectivity index (χ3v) is 1.91. The summed E-state index contributed by atoms with van der Waals surface area (Å²) < 4.78 is 0. The van der Waals surface area contributed by atoms with E-state index < -0.39 is 5.56 Å². The van der Waals surface area contributed by atoms with Gasteiger partial charge in [0.15, 0.2) is 0 Å². The molecule has 1 aromatic rings. The van der Waals surface area contributed by atoms with E-state index in [-0.39, 0.29) is 17.3 Å². The predicted octanol–water partition coefficient (Wildman–Crippen LogP) is 0.481. The van der Waals surface area contributed by atoms with Crippen LogP contribution in [0.4, 0.5) is 11.4 Å². The molecule has 0 saturated heterocycles. The summed E-state index contributed by atoms with van der Waals surface area (Å²) in [6.07, 6.45) is 3.39. The summed E-state index contributed by atoms with van der Waals surface area (Å²) in [6, 6.07) is 0. The quantitative estimate of drug-likeness (QED) is 0.672. The first-order valence-corrected chi connectivity index (χ1v) is 4.78. The van der Waals surface area contributed by atoms with E-state index in [1.54, 1.807) is 0 Å².